The van der Waals surface area contributed by atoms with Gasteiger partial charge in [0.2, 0.25) is 0 Å². The molecule has 2 rings (SSSR count). The van der Waals surface area contributed by atoms with E-state index in [2.05, 4.69) is 4.72 Å². The molecule has 6 nitrogen and oxygen atoms in total. The summed E-state index contributed by atoms with van der Waals surface area (Å²) in [7, 11) is -2.26. The third kappa shape index (κ3) is 4.40. The molecule has 0 aromatic heterocycles. The highest BCUT2D eigenvalue weighted by Crippen LogP contribution is 2.33. The van der Waals surface area contributed by atoms with Crippen molar-refractivity contribution < 1.29 is 22.6 Å². The maximum Gasteiger partial charge on any atom is 0.262 e. The zero-order chi connectivity index (χ0) is 19.3. The van der Waals surface area contributed by atoms with E-state index in [1.807, 2.05) is 13.8 Å². The Labute approximate surface area is 155 Å². The average molecular weight is 379 g/mol. The summed E-state index contributed by atoms with van der Waals surface area (Å²) in [4.78, 5) is 0.225. The normalized spacial score (nSPS) is 11.1. The number of nitrogens with one attached hydrogen (secondary N) is 1. The maximum absolute atomic E-state index is 13.0. The molecule has 0 unspecified atom stereocenters. The van der Waals surface area contributed by atoms with Gasteiger partial charge in [0, 0.05) is 6.07 Å². The van der Waals surface area contributed by atoms with Crippen LogP contribution < -0.4 is 18.9 Å². The van der Waals surface area contributed by atoms with Crippen molar-refractivity contribution in [2.75, 3.05) is 25.0 Å². The number of benzene rings is 2. The zero-order valence-corrected chi connectivity index (χ0v) is 16.6. The summed E-state index contributed by atoms with van der Waals surface area (Å²) >= 11 is 0. The standard InChI is InChI=1S/C19H25NO5S/c1-6-24-15-8-9-18(25-7-2)17(12-15)20-26(21,22)19-13(3)10-16(23-5)11-14(19)4/h8-12,20H,6-7H2,1-5H3. The van der Waals surface area contributed by atoms with Gasteiger partial charge >= 0.3 is 0 Å². The molecule has 7 heteroatoms. The first-order valence-electron chi connectivity index (χ1n) is 8.40. The molecule has 0 saturated carbocycles. The fourth-order valence-electron chi connectivity index (χ4n) is 2.77. The van der Waals surface area contributed by atoms with E-state index in [1.165, 1.54) is 0 Å². The van der Waals surface area contributed by atoms with Crippen LogP contribution in [-0.2, 0) is 10.0 Å². The lowest BCUT2D eigenvalue weighted by molar-refractivity contribution is 0.332. The second kappa shape index (κ2) is 8.31. The summed E-state index contributed by atoms with van der Waals surface area (Å²) in [5.41, 5.74) is 1.55. The van der Waals surface area contributed by atoms with Crippen LogP contribution >= 0.6 is 0 Å². The Bertz CT molecular complexity index is 854. The molecule has 0 bridgehead atoms. The summed E-state index contributed by atoms with van der Waals surface area (Å²) in [6.45, 7) is 8.09. The number of hydrogen-bond donors (Lipinski definition) is 1. The van der Waals surface area contributed by atoms with Gasteiger partial charge < -0.3 is 14.2 Å². The first-order valence-corrected chi connectivity index (χ1v) is 9.88. The molecule has 142 valence electrons. The number of sulfonamides is 1. The predicted octanol–water partition coefficient (Wildman–Crippen LogP) is 3.91. The highest BCUT2D eigenvalue weighted by molar-refractivity contribution is 7.92. The summed E-state index contributed by atoms with van der Waals surface area (Å²) in [5.74, 6) is 1.63. The molecule has 0 spiro atoms. The van der Waals surface area contributed by atoms with E-state index >= 15 is 0 Å². The smallest absolute Gasteiger partial charge is 0.262 e. The molecule has 0 amide bonds. The maximum atomic E-state index is 13.0. The highest BCUT2D eigenvalue weighted by Gasteiger charge is 2.22. The Morgan fingerprint density at radius 1 is 0.923 bits per heavy atom. The second-order valence-electron chi connectivity index (χ2n) is 5.72. The van der Waals surface area contributed by atoms with Gasteiger partial charge in [0.15, 0.2) is 0 Å². The molecular weight excluding hydrogens is 354 g/mol. The zero-order valence-electron chi connectivity index (χ0n) is 15.8. The molecular formula is C19H25NO5S. The summed E-state index contributed by atoms with van der Waals surface area (Å²) in [5, 5.41) is 0. The molecule has 2 aromatic carbocycles. The molecule has 0 aliphatic heterocycles. The van der Waals surface area contributed by atoms with Gasteiger partial charge in [-0.25, -0.2) is 8.42 Å². The van der Waals surface area contributed by atoms with Crippen LogP contribution in [0.15, 0.2) is 35.2 Å². The van der Waals surface area contributed by atoms with Crippen LogP contribution in [0.4, 0.5) is 5.69 Å². The lowest BCUT2D eigenvalue weighted by Crippen LogP contribution is -2.16. The van der Waals surface area contributed by atoms with Gasteiger partial charge in [0.25, 0.3) is 10.0 Å². The number of hydrogen-bond acceptors (Lipinski definition) is 5. The van der Waals surface area contributed by atoms with Crippen molar-refractivity contribution in [1.29, 1.82) is 0 Å². The van der Waals surface area contributed by atoms with Gasteiger partial charge in [-0.1, -0.05) is 0 Å². The average Bonchev–Trinajstić information content (AvgIpc) is 2.56. The highest BCUT2D eigenvalue weighted by atomic mass is 32.2. The summed E-state index contributed by atoms with van der Waals surface area (Å²) < 4.78 is 44.9. The third-order valence-electron chi connectivity index (χ3n) is 3.74. The van der Waals surface area contributed by atoms with Crippen molar-refractivity contribution in [1.82, 2.24) is 0 Å². The third-order valence-corrected chi connectivity index (χ3v) is 5.41. The van der Waals surface area contributed by atoms with Gasteiger partial charge in [-0.3, -0.25) is 4.72 Å². The topological polar surface area (TPSA) is 73.9 Å². The number of anilines is 1. The van der Waals surface area contributed by atoms with Crippen LogP contribution in [0.25, 0.3) is 0 Å². The SMILES string of the molecule is CCOc1ccc(OCC)c(NS(=O)(=O)c2c(C)cc(OC)cc2C)c1. The molecule has 1 N–H and O–H groups in total. The molecule has 0 heterocycles. The van der Waals surface area contributed by atoms with Crippen LogP contribution in [0.2, 0.25) is 0 Å². The van der Waals surface area contributed by atoms with E-state index in [0.29, 0.717) is 47.3 Å². The number of aryl methyl sites for hydroxylation is 2. The first kappa shape index (κ1) is 19.9. The van der Waals surface area contributed by atoms with Crippen LogP contribution in [0.5, 0.6) is 17.2 Å². The van der Waals surface area contributed by atoms with Crippen LogP contribution in [0, 0.1) is 13.8 Å². The Morgan fingerprint density at radius 3 is 2.08 bits per heavy atom. The largest absolute Gasteiger partial charge is 0.497 e. The van der Waals surface area contributed by atoms with Crippen LogP contribution in [0.3, 0.4) is 0 Å². The van der Waals surface area contributed by atoms with Crippen molar-refractivity contribution in [2.24, 2.45) is 0 Å². The van der Waals surface area contributed by atoms with Crippen molar-refractivity contribution in [2.45, 2.75) is 32.6 Å². The van der Waals surface area contributed by atoms with E-state index in [-0.39, 0.29) is 4.90 Å². The van der Waals surface area contributed by atoms with Crippen molar-refractivity contribution in [3.63, 3.8) is 0 Å². The van der Waals surface area contributed by atoms with E-state index < -0.39 is 10.0 Å². The lowest BCUT2D eigenvalue weighted by Gasteiger charge is -2.17. The molecule has 0 aliphatic rings. The quantitative estimate of drug-likeness (QED) is 0.753. The fourth-order valence-corrected chi connectivity index (χ4v) is 4.29. The van der Waals surface area contributed by atoms with Gasteiger partial charge in [-0.2, -0.15) is 0 Å². The molecule has 0 saturated heterocycles. The van der Waals surface area contributed by atoms with E-state index in [1.54, 1.807) is 51.3 Å². The van der Waals surface area contributed by atoms with Crippen LogP contribution in [-0.4, -0.2) is 28.7 Å². The van der Waals surface area contributed by atoms with Crippen molar-refractivity contribution >= 4 is 15.7 Å². The Kier molecular flexibility index (Phi) is 6.37. The minimum absolute atomic E-state index is 0.225. The molecule has 26 heavy (non-hydrogen) atoms. The Hall–Kier alpha value is -2.41. The van der Waals surface area contributed by atoms with Gasteiger partial charge in [0.1, 0.15) is 17.2 Å². The second-order valence-corrected chi connectivity index (χ2v) is 7.34. The number of ether oxygens (including phenoxy) is 3. The Balaban J connectivity index is 2.48. The Morgan fingerprint density at radius 2 is 1.54 bits per heavy atom. The van der Waals surface area contributed by atoms with E-state index in [0.717, 1.165) is 0 Å². The minimum atomic E-state index is -3.81. The van der Waals surface area contributed by atoms with E-state index in [9.17, 15) is 8.42 Å². The summed E-state index contributed by atoms with van der Waals surface area (Å²) in [6.07, 6.45) is 0. The van der Waals surface area contributed by atoms with Gasteiger partial charge in [-0.15, -0.1) is 0 Å². The van der Waals surface area contributed by atoms with Crippen molar-refractivity contribution in [3.8, 4) is 17.2 Å². The number of methoxy groups -OCH3 is 1. The molecule has 2 aromatic rings. The lowest BCUT2D eigenvalue weighted by atomic mass is 10.1. The van der Waals surface area contributed by atoms with E-state index in [4.69, 9.17) is 14.2 Å². The molecule has 0 fully saturated rings. The van der Waals surface area contributed by atoms with Crippen LogP contribution in [0.1, 0.15) is 25.0 Å². The number of rotatable bonds is 8. The van der Waals surface area contributed by atoms with Crippen molar-refractivity contribution in [3.05, 3.63) is 41.5 Å². The molecule has 0 aliphatic carbocycles. The van der Waals surface area contributed by atoms with Gasteiger partial charge in [0.05, 0.1) is 30.9 Å². The predicted molar refractivity (Wildman–Crippen MR) is 102 cm³/mol. The molecule has 0 atom stereocenters. The monoisotopic (exact) mass is 379 g/mol. The summed E-state index contributed by atoms with van der Waals surface area (Å²) in [6, 6.07) is 8.46. The van der Waals surface area contributed by atoms with Gasteiger partial charge in [-0.05, 0) is 63.1 Å². The minimum Gasteiger partial charge on any atom is -0.497 e. The fraction of sp³-hybridized carbons (Fsp3) is 0.368. The molecule has 0 radical (unpaired) electrons. The first-order chi connectivity index (χ1) is 12.3.